The second kappa shape index (κ2) is 14.6. The van der Waals surface area contributed by atoms with E-state index in [9.17, 15) is 0 Å². The number of fused-ring (bicyclic) bond motifs is 15. The fourth-order valence-corrected chi connectivity index (χ4v) is 13.7. The molecule has 3 aliphatic rings. The second-order valence-electron chi connectivity index (χ2n) is 24.4. The topological polar surface area (TPSA) is 43.2 Å². The zero-order valence-corrected chi connectivity index (χ0v) is 43.1. The summed E-state index contributed by atoms with van der Waals surface area (Å²) in [6, 6.07) is 56.8. The van der Waals surface area contributed by atoms with E-state index in [-0.39, 0.29) is 21.7 Å². The summed E-state index contributed by atoms with van der Waals surface area (Å²) < 4.78 is 17.1. The van der Waals surface area contributed by atoms with Gasteiger partial charge in [0.15, 0.2) is 12.9 Å². The number of hydrogen-bond donors (Lipinski definition) is 1. The molecule has 5 heteroatoms. The zero-order chi connectivity index (χ0) is 49.5. The van der Waals surface area contributed by atoms with Crippen LogP contribution in [0.3, 0.4) is 0 Å². The first-order valence-corrected chi connectivity index (χ1v) is 26.5. The second-order valence-corrected chi connectivity index (χ2v) is 24.4. The van der Waals surface area contributed by atoms with E-state index in [1.807, 2.05) is 0 Å². The van der Waals surface area contributed by atoms with Crippen molar-refractivity contribution in [3.8, 4) is 27.9 Å². The van der Waals surface area contributed by atoms with Crippen molar-refractivity contribution in [3.05, 3.63) is 174 Å². The highest BCUT2D eigenvalue weighted by Crippen LogP contribution is 2.52. The number of anilines is 2. The Hall–Kier alpha value is -7.50. The molecule has 12 aromatic rings. The van der Waals surface area contributed by atoms with Crippen LogP contribution in [0.4, 0.5) is 11.4 Å². The highest BCUT2D eigenvalue weighted by molar-refractivity contribution is 6.73. The van der Waals surface area contributed by atoms with E-state index in [0.29, 0.717) is 0 Å². The minimum Gasteiger partial charge on any atom is -0.455 e. The Balaban J connectivity index is 1.04. The first-order valence-electron chi connectivity index (χ1n) is 26.5. The van der Waals surface area contributed by atoms with Crippen molar-refractivity contribution < 1.29 is 8.83 Å². The van der Waals surface area contributed by atoms with Crippen LogP contribution in [-0.2, 0) is 21.7 Å². The van der Waals surface area contributed by atoms with Gasteiger partial charge in [0.1, 0.15) is 16.7 Å². The molecule has 0 atom stereocenters. The lowest BCUT2D eigenvalue weighted by atomic mass is 9.58. The third kappa shape index (κ3) is 6.09. The Morgan fingerprint density at radius 3 is 1.70 bits per heavy atom. The normalized spacial score (nSPS) is 17.1. The fourth-order valence-electron chi connectivity index (χ4n) is 13.7. The number of hydrogen-bond acceptors (Lipinski definition) is 3. The summed E-state index contributed by atoms with van der Waals surface area (Å²) in [5.74, 6) is 0. The first kappa shape index (κ1) is 43.1. The molecule has 3 aromatic heterocycles. The largest absolute Gasteiger partial charge is 0.455 e. The van der Waals surface area contributed by atoms with Crippen molar-refractivity contribution in [1.29, 1.82) is 0 Å². The molecular formula is C68H58BN2O2. The van der Waals surface area contributed by atoms with Gasteiger partial charge < -0.3 is 18.7 Å². The number of aromatic nitrogens is 1. The number of furan rings is 2. The number of nitrogens with zero attached hydrogens (tertiary/aromatic N) is 1. The Bertz CT molecular complexity index is 4380. The van der Waals surface area contributed by atoms with Gasteiger partial charge in [-0.1, -0.05) is 158 Å². The minimum atomic E-state index is 0.0318. The molecule has 0 spiro atoms. The molecule has 2 aliphatic carbocycles. The Morgan fingerprint density at radius 1 is 0.438 bits per heavy atom. The van der Waals surface area contributed by atoms with Crippen LogP contribution in [0.5, 0.6) is 0 Å². The summed E-state index contributed by atoms with van der Waals surface area (Å²) in [6.07, 6.45) is 4.59. The molecular weight excluding hydrogens is 888 g/mol. The predicted octanol–water partition coefficient (Wildman–Crippen LogP) is 17.5. The molecule has 9 aromatic carbocycles. The summed E-state index contributed by atoms with van der Waals surface area (Å²) in [7, 11) is 2.43. The maximum atomic E-state index is 7.47. The summed E-state index contributed by atoms with van der Waals surface area (Å²) in [5.41, 5.74) is 21.8. The lowest BCUT2D eigenvalue weighted by Crippen LogP contribution is -2.37. The lowest BCUT2D eigenvalue weighted by Gasteiger charge is -2.41. The molecule has 4 heterocycles. The van der Waals surface area contributed by atoms with Gasteiger partial charge >= 0.3 is 0 Å². The maximum Gasteiger partial charge on any atom is 0.197 e. The van der Waals surface area contributed by atoms with Crippen LogP contribution in [0.1, 0.15) is 103 Å². The fraction of sp³-hybridized carbons (Fsp3) is 0.235. The van der Waals surface area contributed by atoms with Crippen LogP contribution in [-0.4, -0.2) is 11.8 Å². The third-order valence-electron chi connectivity index (χ3n) is 18.1. The van der Waals surface area contributed by atoms with Gasteiger partial charge in [0, 0.05) is 54.5 Å². The third-order valence-corrected chi connectivity index (χ3v) is 18.1. The molecule has 73 heavy (non-hydrogen) atoms. The molecule has 0 saturated carbocycles. The highest BCUT2D eigenvalue weighted by Gasteiger charge is 2.40. The van der Waals surface area contributed by atoms with Gasteiger partial charge in [-0.3, -0.25) is 0 Å². The van der Waals surface area contributed by atoms with Gasteiger partial charge in [-0.15, -0.1) is 0 Å². The molecule has 1 N–H and O–H groups in total. The SMILES string of the molecule is CC1(C)CCC(C)(C)c2cc3c(cc21)oc1c(Nc2ccc4c(oc5cc6c(cc54)C(C)(C)CCC6(C)C)c2-c2cc(-c4ccccc4)cc4c2[B]c2cccc5c6ccc7ccccc7c6n-4c25)cccc13. The molecule has 0 unspecified atom stereocenters. The van der Waals surface area contributed by atoms with Crippen molar-refractivity contribution in [3.63, 3.8) is 0 Å². The van der Waals surface area contributed by atoms with Crippen molar-refractivity contribution in [2.75, 3.05) is 5.32 Å². The van der Waals surface area contributed by atoms with Crippen LogP contribution in [0, 0.1) is 0 Å². The summed E-state index contributed by atoms with van der Waals surface area (Å²) in [5, 5.41) is 13.6. The van der Waals surface area contributed by atoms with E-state index >= 15 is 0 Å². The van der Waals surface area contributed by atoms with Gasteiger partial charge in [-0.2, -0.15) is 0 Å². The maximum absolute atomic E-state index is 7.47. The van der Waals surface area contributed by atoms with Crippen LogP contribution in [0.25, 0.3) is 104 Å². The van der Waals surface area contributed by atoms with E-state index in [0.717, 1.165) is 109 Å². The summed E-state index contributed by atoms with van der Waals surface area (Å²) >= 11 is 0. The number of para-hydroxylation sites is 2. The smallest absolute Gasteiger partial charge is 0.197 e. The van der Waals surface area contributed by atoms with Crippen LogP contribution < -0.4 is 16.2 Å². The van der Waals surface area contributed by atoms with Crippen LogP contribution in [0.2, 0.25) is 0 Å². The van der Waals surface area contributed by atoms with Crippen molar-refractivity contribution in [1.82, 2.24) is 4.57 Å². The Labute approximate surface area is 427 Å². The minimum absolute atomic E-state index is 0.0318. The van der Waals surface area contributed by atoms with Gasteiger partial charge in [0.25, 0.3) is 0 Å². The Kier molecular flexibility index (Phi) is 8.62. The van der Waals surface area contributed by atoms with E-state index in [2.05, 4.69) is 224 Å². The monoisotopic (exact) mass is 945 g/mol. The number of nitrogens with one attached hydrogen (secondary N) is 1. The summed E-state index contributed by atoms with van der Waals surface area (Å²) in [4.78, 5) is 0. The first-order chi connectivity index (χ1) is 35.1. The van der Waals surface area contributed by atoms with E-state index in [1.54, 1.807) is 0 Å². The average molecular weight is 946 g/mol. The molecule has 0 fully saturated rings. The summed E-state index contributed by atoms with van der Waals surface area (Å²) in [6.45, 7) is 19.2. The molecule has 0 bridgehead atoms. The van der Waals surface area contributed by atoms with Gasteiger partial charge in [0.05, 0.1) is 16.9 Å². The average Bonchev–Trinajstić information content (AvgIpc) is 4.07. The number of rotatable bonds is 4. The molecule has 1 radical (unpaired) electrons. The molecule has 0 amide bonds. The molecule has 4 nitrogen and oxygen atoms in total. The predicted molar refractivity (Wildman–Crippen MR) is 309 cm³/mol. The number of benzene rings is 9. The molecule has 1 aliphatic heterocycles. The van der Waals surface area contributed by atoms with Gasteiger partial charge in [-0.05, 0) is 152 Å². The van der Waals surface area contributed by atoms with E-state index in [4.69, 9.17) is 8.83 Å². The standard InChI is InChI=1S/C68H58BN2O2/c1-65(2)28-30-67(5,6)51-36-57-46(34-49(51)65)44-21-15-23-55(63(44)72-57)70-54-27-26-45-47-35-50-52(68(7,8)31-29-66(50,3)4)37-58(47)73-64(45)59(54)48-32-40(38-16-10-9-11-17-38)33-56-60(48)69-53-22-14-20-42-43-25-24-39-18-12-13-19-41(39)61(43)71(56)62(42)53/h9-27,32-37,70H,28-31H2,1-8H3. The van der Waals surface area contributed by atoms with E-state index < -0.39 is 0 Å². The van der Waals surface area contributed by atoms with Crippen LogP contribution in [0.15, 0.2) is 160 Å². The highest BCUT2D eigenvalue weighted by atomic mass is 16.3. The molecule has 355 valence electrons. The quantitative estimate of drug-likeness (QED) is 0.179. The van der Waals surface area contributed by atoms with Gasteiger partial charge in [0.2, 0.25) is 0 Å². The van der Waals surface area contributed by atoms with Crippen molar-refractivity contribution in [2.45, 2.75) is 103 Å². The lowest BCUT2D eigenvalue weighted by molar-refractivity contribution is 0.332. The molecule has 0 saturated heterocycles. The van der Waals surface area contributed by atoms with E-state index in [1.165, 1.54) is 65.7 Å². The van der Waals surface area contributed by atoms with Crippen molar-refractivity contribution in [2.24, 2.45) is 0 Å². The van der Waals surface area contributed by atoms with Crippen molar-refractivity contribution >= 4 is 106 Å². The molecule has 15 rings (SSSR count). The Morgan fingerprint density at radius 2 is 1.00 bits per heavy atom. The van der Waals surface area contributed by atoms with Gasteiger partial charge in [-0.25, -0.2) is 0 Å². The van der Waals surface area contributed by atoms with Crippen LogP contribution >= 0.6 is 0 Å². The zero-order valence-electron chi connectivity index (χ0n) is 43.1.